The molecule has 4 N–H and O–H groups in total. The summed E-state index contributed by atoms with van der Waals surface area (Å²) in [5, 5.41) is 8.92. The Bertz CT molecular complexity index is 594. The van der Waals surface area contributed by atoms with Gasteiger partial charge < -0.3 is 20.5 Å². The molecule has 0 atom stereocenters. The number of aromatic amines is 1. The molecular formula is C12H14N4O3. The van der Waals surface area contributed by atoms with Crippen molar-refractivity contribution in [2.75, 3.05) is 25.3 Å². The Balaban J connectivity index is 2.17. The topological polar surface area (TPSA) is 102 Å². The number of H-pyrrole nitrogens is 1. The van der Waals surface area contributed by atoms with Crippen LogP contribution in [0.2, 0.25) is 0 Å². The fraction of sp³-hybridized carbons (Fsp3) is 0.167. The highest BCUT2D eigenvalue weighted by Crippen LogP contribution is 2.29. The Morgan fingerprint density at radius 1 is 1.26 bits per heavy atom. The van der Waals surface area contributed by atoms with Crippen molar-refractivity contribution < 1.29 is 14.3 Å². The number of nitrogen functional groups attached to an aromatic ring is 1. The number of benzene rings is 1. The zero-order valence-corrected chi connectivity index (χ0v) is 10.6. The van der Waals surface area contributed by atoms with Gasteiger partial charge in [-0.05, 0) is 12.1 Å². The van der Waals surface area contributed by atoms with E-state index in [2.05, 4.69) is 15.5 Å². The number of nitrogens with zero attached hydrogens (tertiary/aromatic N) is 1. The lowest BCUT2D eigenvalue weighted by atomic mass is 10.2. The van der Waals surface area contributed by atoms with Crippen molar-refractivity contribution in [2.45, 2.75) is 0 Å². The summed E-state index contributed by atoms with van der Waals surface area (Å²) in [7, 11) is 3.07. The van der Waals surface area contributed by atoms with E-state index < -0.39 is 0 Å². The van der Waals surface area contributed by atoms with E-state index in [1.54, 1.807) is 25.3 Å². The van der Waals surface area contributed by atoms with Gasteiger partial charge in [-0.3, -0.25) is 9.89 Å². The highest BCUT2D eigenvalue weighted by molar-refractivity contribution is 6.03. The Morgan fingerprint density at radius 3 is 2.58 bits per heavy atom. The first-order valence-electron chi connectivity index (χ1n) is 5.48. The molecular weight excluding hydrogens is 248 g/mol. The quantitative estimate of drug-likeness (QED) is 0.769. The number of carbonyl (C=O) groups excluding carboxylic acids is 1. The molecule has 0 bridgehead atoms. The Kier molecular flexibility index (Phi) is 3.56. The van der Waals surface area contributed by atoms with E-state index in [1.807, 2.05) is 0 Å². The highest BCUT2D eigenvalue weighted by Gasteiger charge is 2.11. The molecule has 0 saturated heterocycles. The summed E-state index contributed by atoms with van der Waals surface area (Å²) in [5.41, 5.74) is 6.30. The van der Waals surface area contributed by atoms with Crippen molar-refractivity contribution in [2.24, 2.45) is 0 Å². The minimum Gasteiger partial charge on any atom is -0.493 e. The molecule has 2 rings (SSSR count). The number of nitrogens with one attached hydrogen (secondary N) is 2. The van der Waals surface area contributed by atoms with Crippen molar-refractivity contribution in [3.05, 3.63) is 30.0 Å². The van der Waals surface area contributed by atoms with Crippen LogP contribution in [0.5, 0.6) is 11.5 Å². The van der Waals surface area contributed by atoms with Crippen LogP contribution < -0.4 is 20.5 Å². The third-order valence-corrected chi connectivity index (χ3v) is 2.48. The fourth-order valence-corrected chi connectivity index (χ4v) is 1.57. The average molecular weight is 262 g/mol. The van der Waals surface area contributed by atoms with Gasteiger partial charge in [0.2, 0.25) is 0 Å². The second kappa shape index (κ2) is 5.30. The molecule has 1 heterocycles. The molecule has 0 radical (unpaired) electrons. The summed E-state index contributed by atoms with van der Waals surface area (Å²) >= 11 is 0. The predicted octanol–water partition coefficient (Wildman–Crippen LogP) is 1.26. The molecule has 0 spiro atoms. The third kappa shape index (κ3) is 2.76. The van der Waals surface area contributed by atoms with Gasteiger partial charge in [0.05, 0.1) is 14.2 Å². The second-order valence-electron chi connectivity index (χ2n) is 3.73. The maximum absolute atomic E-state index is 11.9. The van der Waals surface area contributed by atoms with Gasteiger partial charge in [-0.1, -0.05) is 0 Å². The summed E-state index contributed by atoms with van der Waals surface area (Å²) in [6, 6.07) is 6.53. The molecule has 0 unspecified atom stereocenters. The molecule has 0 fully saturated rings. The first kappa shape index (κ1) is 12.7. The van der Waals surface area contributed by atoms with Crippen LogP contribution in [0.15, 0.2) is 24.3 Å². The third-order valence-electron chi connectivity index (χ3n) is 2.48. The molecule has 2 aromatic rings. The van der Waals surface area contributed by atoms with Gasteiger partial charge in [0.25, 0.3) is 5.91 Å². The Labute approximate surface area is 109 Å². The molecule has 19 heavy (non-hydrogen) atoms. The zero-order valence-electron chi connectivity index (χ0n) is 10.6. The molecule has 7 heteroatoms. The SMILES string of the molecule is COc1ccc(NC(=O)c2cc(N)n[nH]2)cc1OC. The molecule has 1 aromatic carbocycles. The molecule has 1 amide bonds. The van der Waals surface area contributed by atoms with Crippen molar-refractivity contribution in [1.82, 2.24) is 10.2 Å². The van der Waals surface area contributed by atoms with Gasteiger partial charge in [0, 0.05) is 17.8 Å². The summed E-state index contributed by atoms with van der Waals surface area (Å²) in [6.45, 7) is 0. The van der Waals surface area contributed by atoms with Gasteiger partial charge in [-0.15, -0.1) is 0 Å². The molecule has 0 aliphatic heterocycles. The van der Waals surface area contributed by atoms with E-state index in [0.717, 1.165) is 0 Å². The minimum atomic E-state index is -0.337. The highest BCUT2D eigenvalue weighted by atomic mass is 16.5. The molecule has 7 nitrogen and oxygen atoms in total. The maximum atomic E-state index is 11.9. The van der Waals surface area contributed by atoms with Crippen molar-refractivity contribution in [3.63, 3.8) is 0 Å². The number of rotatable bonds is 4. The normalized spacial score (nSPS) is 10.0. The number of carbonyl (C=O) groups is 1. The smallest absolute Gasteiger partial charge is 0.273 e. The lowest BCUT2D eigenvalue weighted by Gasteiger charge is -2.10. The van der Waals surface area contributed by atoms with E-state index in [-0.39, 0.29) is 17.4 Å². The molecule has 100 valence electrons. The van der Waals surface area contributed by atoms with Gasteiger partial charge in [0.1, 0.15) is 11.5 Å². The van der Waals surface area contributed by atoms with E-state index in [4.69, 9.17) is 15.2 Å². The van der Waals surface area contributed by atoms with Gasteiger partial charge in [-0.2, -0.15) is 5.10 Å². The summed E-state index contributed by atoms with van der Waals surface area (Å²) in [5.74, 6) is 1.05. The van der Waals surface area contributed by atoms with E-state index in [0.29, 0.717) is 17.2 Å². The van der Waals surface area contributed by atoms with Crippen LogP contribution in [0.1, 0.15) is 10.5 Å². The van der Waals surface area contributed by atoms with Crippen LogP contribution in [0.4, 0.5) is 11.5 Å². The Morgan fingerprint density at radius 2 is 2.00 bits per heavy atom. The van der Waals surface area contributed by atoms with Crippen LogP contribution in [0, 0.1) is 0 Å². The molecule has 1 aromatic heterocycles. The van der Waals surface area contributed by atoms with Crippen LogP contribution >= 0.6 is 0 Å². The number of methoxy groups -OCH3 is 2. The maximum Gasteiger partial charge on any atom is 0.273 e. The zero-order chi connectivity index (χ0) is 13.8. The van der Waals surface area contributed by atoms with Gasteiger partial charge >= 0.3 is 0 Å². The van der Waals surface area contributed by atoms with E-state index in [1.165, 1.54) is 13.2 Å². The summed E-state index contributed by atoms with van der Waals surface area (Å²) in [6.07, 6.45) is 0. The standard InChI is InChI=1S/C12H14N4O3/c1-18-9-4-3-7(5-10(9)19-2)14-12(17)8-6-11(13)16-15-8/h3-6H,1-2H3,(H,14,17)(H3,13,15,16). The van der Waals surface area contributed by atoms with Crippen molar-refractivity contribution >= 4 is 17.4 Å². The van der Waals surface area contributed by atoms with Crippen molar-refractivity contribution in [3.8, 4) is 11.5 Å². The van der Waals surface area contributed by atoms with Crippen LogP contribution in [-0.2, 0) is 0 Å². The minimum absolute atomic E-state index is 0.262. The van der Waals surface area contributed by atoms with E-state index >= 15 is 0 Å². The second-order valence-corrected chi connectivity index (χ2v) is 3.73. The molecule has 0 aliphatic rings. The molecule has 0 aliphatic carbocycles. The van der Waals surface area contributed by atoms with Crippen LogP contribution in [0.3, 0.4) is 0 Å². The summed E-state index contributed by atoms with van der Waals surface area (Å²) in [4.78, 5) is 11.9. The Hall–Kier alpha value is -2.70. The number of amides is 1. The van der Waals surface area contributed by atoms with Gasteiger partial charge in [-0.25, -0.2) is 0 Å². The lowest BCUT2D eigenvalue weighted by Crippen LogP contribution is -2.12. The first-order valence-corrected chi connectivity index (χ1v) is 5.48. The lowest BCUT2D eigenvalue weighted by molar-refractivity contribution is 0.102. The largest absolute Gasteiger partial charge is 0.493 e. The van der Waals surface area contributed by atoms with Crippen LogP contribution in [0.25, 0.3) is 0 Å². The van der Waals surface area contributed by atoms with Crippen molar-refractivity contribution in [1.29, 1.82) is 0 Å². The van der Waals surface area contributed by atoms with Gasteiger partial charge in [0.15, 0.2) is 11.5 Å². The predicted molar refractivity (Wildman–Crippen MR) is 70.5 cm³/mol. The number of ether oxygens (including phenoxy) is 2. The average Bonchev–Trinajstić information content (AvgIpc) is 2.85. The summed E-state index contributed by atoms with van der Waals surface area (Å²) < 4.78 is 10.3. The number of aromatic nitrogens is 2. The van der Waals surface area contributed by atoms with E-state index in [9.17, 15) is 4.79 Å². The number of anilines is 2. The monoisotopic (exact) mass is 262 g/mol. The number of hydrogen-bond acceptors (Lipinski definition) is 5. The number of nitrogens with two attached hydrogens (primary N) is 1. The fourth-order valence-electron chi connectivity index (χ4n) is 1.57. The number of hydrogen-bond donors (Lipinski definition) is 3. The first-order chi connectivity index (χ1) is 9.13. The molecule has 0 saturated carbocycles. The van der Waals surface area contributed by atoms with Crippen LogP contribution in [-0.4, -0.2) is 30.3 Å².